The lowest BCUT2D eigenvalue weighted by Gasteiger charge is -2.39. The van der Waals surface area contributed by atoms with Gasteiger partial charge < -0.3 is 15.0 Å². The second-order valence-corrected chi connectivity index (χ2v) is 4.04. The number of methoxy groups -OCH3 is 1. The molecule has 17 heavy (non-hydrogen) atoms. The summed E-state index contributed by atoms with van der Waals surface area (Å²) < 4.78 is 4.62. The smallest absolute Gasteiger partial charge is 0.354 e. The Morgan fingerprint density at radius 3 is 2.29 bits per heavy atom. The summed E-state index contributed by atoms with van der Waals surface area (Å²) in [6, 6.07) is -0.536. The number of hydrogen-bond donors (Lipinski definition) is 1. The van der Waals surface area contributed by atoms with Crippen LogP contribution in [0.2, 0.25) is 0 Å². The summed E-state index contributed by atoms with van der Waals surface area (Å²) in [7, 11) is 1.26. The summed E-state index contributed by atoms with van der Waals surface area (Å²) >= 11 is 0. The van der Waals surface area contributed by atoms with Gasteiger partial charge in [-0.1, -0.05) is 0 Å². The number of allylic oxidation sites excluding steroid dienone is 1. The molecule has 0 aliphatic carbocycles. The van der Waals surface area contributed by atoms with E-state index >= 15 is 0 Å². The van der Waals surface area contributed by atoms with Gasteiger partial charge in [-0.2, -0.15) is 0 Å². The maximum Gasteiger partial charge on any atom is 0.354 e. The first-order valence-electron chi connectivity index (χ1n) is 5.22. The number of rotatable bonds is 3. The molecule has 0 aromatic carbocycles. The maximum atomic E-state index is 11.7. The van der Waals surface area contributed by atoms with Crippen LogP contribution in [0.3, 0.4) is 0 Å². The van der Waals surface area contributed by atoms with Gasteiger partial charge in [0, 0.05) is 6.92 Å². The third kappa shape index (κ3) is 2.64. The van der Waals surface area contributed by atoms with Crippen LogP contribution in [0.1, 0.15) is 20.8 Å². The lowest BCUT2D eigenvalue weighted by molar-refractivity contribution is -0.149. The van der Waals surface area contributed by atoms with Crippen molar-refractivity contribution >= 4 is 17.8 Å². The molecule has 0 aromatic heterocycles. The van der Waals surface area contributed by atoms with E-state index in [1.807, 2.05) is 0 Å². The second kappa shape index (κ2) is 4.99. The molecule has 0 bridgehead atoms. The van der Waals surface area contributed by atoms with Crippen molar-refractivity contribution in [3.05, 3.63) is 11.3 Å². The third-order valence-electron chi connectivity index (χ3n) is 2.43. The molecule has 1 rings (SSSR count). The molecule has 1 aliphatic heterocycles. The highest BCUT2D eigenvalue weighted by molar-refractivity contribution is 6.00. The molecule has 1 atom stereocenters. The Labute approximate surface area is 99.6 Å². The zero-order valence-electron chi connectivity index (χ0n) is 10.4. The number of nitrogens with one attached hydrogen (secondary N) is 1. The van der Waals surface area contributed by atoms with E-state index in [2.05, 4.69) is 10.1 Å². The highest BCUT2D eigenvalue weighted by atomic mass is 16.5. The van der Waals surface area contributed by atoms with Gasteiger partial charge in [-0.3, -0.25) is 9.59 Å². The van der Waals surface area contributed by atoms with Gasteiger partial charge in [-0.25, -0.2) is 4.79 Å². The zero-order valence-corrected chi connectivity index (χ0v) is 10.4. The SMILES string of the molecule is COC(=O)C(=C(C)C)N1CC(NC(C)=O)C1=O. The van der Waals surface area contributed by atoms with Crippen LogP contribution in [-0.2, 0) is 19.1 Å². The van der Waals surface area contributed by atoms with Crippen molar-refractivity contribution in [3.63, 3.8) is 0 Å². The first kappa shape index (κ1) is 13.2. The van der Waals surface area contributed by atoms with Gasteiger partial charge in [0.2, 0.25) is 5.91 Å². The van der Waals surface area contributed by atoms with Gasteiger partial charge >= 0.3 is 5.97 Å². The molecule has 0 saturated carbocycles. The van der Waals surface area contributed by atoms with E-state index in [0.717, 1.165) is 0 Å². The predicted molar refractivity (Wildman–Crippen MR) is 59.7 cm³/mol. The van der Waals surface area contributed by atoms with Gasteiger partial charge in [0.15, 0.2) is 0 Å². The summed E-state index contributed by atoms with van der Waals surface area (Å²) in [5, 5.41) is 2.50. The molecule has 1 aliphatic rings. The molecule has 0 aromatic rings. The molecular formula is C11H16N2O4. The van der Waals surface area contributed by atoms with Crippen molar-refractivity contribution < 1.29 is 19.1 Å². The normalized spacial score (nSPS) is 18.2. The summed E-state index contributed by atoms with van der Waals surface area (Å²) in [4.78, 5) is 35.4. The van der Waals surface area contributed by atoms with Gasteiger partial charge in [-0.15, -0.1) is 0 Å². The number of nitrogens with zero attached hydrogens (tertiary/aromatic N) is 1. The van der Waals surface area contributed by atoms with Gasteiger partial charge in [0.25, 0.3) is 5.91 Å². The minimum Gasteiger partial charge on any atom is -0.464 e. The Morgan fingerprint density at radius 2 is 1.94 bits per heavy atom. The van der Waals surface area contributed by atoms with Crippen molar-refractivity contribution in [2.45, 2.75) is 26.8 Å². The topological polar surface area (TPSA) is 75.7 Å². The number of carbonyl (C=O) groups excluding carboxylic acids is 3. The van der Waals surface area contributed by atoms with Crippen molar-refractivity contribution in [1.29, 1.82) is 0 Å². The Balaban J connectivity index is 2.77. The van der Waals surface area contributed by atoms with Gasteiger partial charge in [0.1, 0.15) is 11.7 Å². The summed E-state index contributed by atoms with van der Waals surface area (Å²) in [5.74, 6) is -1.10. The van der Waals surface area contributed by atoms with Crippen LogP contribution in [0.25, 0.3) is 0 Å². The standard InChI is InChI=1S/C11H16N2O4/c1-6(2)9(11(16)17-4)13-5-8(10(13)15)12-7(3)14/h8H,5H2,1-4H3,(H,12,14). The van der Waals surface area contributed by atoms with Gasteiger partial charge in [-0.05, 0) is 19.4 Å². The van der Waals surface area contributed by atoms with Crippen LogP contribution in [0, 0.1) is 0 Å². The largest absolute Gasteiger partial charge is 0.464 e. The highest BCUT2D eigenvalue weighted by Gasteiger charge is 2.41. The van der Waals surface area contributed by atoms with Crippen molar-refractivity contribution in [1.82, 2.24) is 10.2 Å². The van der Waals surface area contributed by atoms with E-state index in [1.54, 1.807) is 13.8 Å². The zero-order chi connectivity index (χ0) is 13.2. The molecule has 1 saturated heterocycles. The van der Waals surface area contributed by atoms with E-state index < -0.39 is 12.0 Å². The van der Waals surface area contributed by atoms with E-state index in [-0.39, 0.29) is 17.5 Å². The van der Waals surface area contributed by atoms with Crippen molar-refractivity contribution in [2.75, 3.05) is 13.7 Å². The number of β-lactam (4-membered cyclic amide) rings is 1. The molecule has 0 spiro atoms. The van der Waals surface area contributed by atoms with E-state index in [9.17, 15) is 14.4 Å². The average molecular weight is 240 g/mol. The summed E-state index contributed by atoms with van der Waals surface area (Å²) in [5.41, 5.74) is 0.950. The van der Waals surface area contributed by atoms with Crippen LogP contribution in [0.4, 0.5) is 0 Å². The first-order chi connectivity index (χ1) is 7.88. The number of esters is 1. The fraction of sp³-hybridized carbons (Fsp3) is 0.545. The highest BCUT2D eigenvalue weighted by Crippen LogP contribution is 2.21. The van der Waals surface area contributed by atoms with Crippen LogP contribution < -0.4 is 5.32 Å². The average Bonchev–Trinajstić information content (AvgIpc) is 2.25. The molecule has 1 unspecified atom stereocenters. The molecule has 1 N–H and O–H groups in total. The molecule has 0 radical (unpaired) electrons. The predicted octanol–water partition coefficient (Wildman–Crippen LogP) is -0.200. The quantitative estimate of drug-likeness (QED) is 0.421. The Hall–Kier alpha value is -1.85. The van der Waals surface area contributed by atoms with E-state index in [0.29, 0.717) is 12.1 Å². The fourth-order valence-electron chi connectivity index (χ4n) is 1.66. The van der Waals surface area contributed by atoms with Crippen molar-refractivity contribution in [2.24, 2.45) is 0 Å². The third-order valence-corrected chi connectivity index (χ3v) is 2.43. The van der Waals surface area contributed by atoms with Crippen molar-refractivity contribution in [3.8, 4) is 0 Å². The van der Waals surface area contributed by atoms with Crippen LogP contribution in [0.15, 0.2) is 11.3 Å². The Kier molecular flexibility index (Phi) is 3.88. The molecular weight excluding hydrogens is 224 g/mol. The number of ether oxygens (including phenoxy) is 1. The van der Waals surface area contributed by atoms with Crippen LogP contribution in [-0.4, -0.2) is 42.4 Å². The van der Waals surface area contributed by atoms with E-state index in [1.165, 1.54) is 18.9 Å². The number of likely N-dealkylation sites (tertiary alicyclic amines) is 1. The van der Waals surface area contributed by atoms with Crippen LogP contribution >= 0.6 is 0 Å². The second-order valence-electron chi connectivity index (χ2n) is 4.04. The molecule has 6 heteroatoms. The Morgan fingerprint density at radius 1 is 1.35 bits per heavy atom. The molecule has 1 fully saturated rings. The molecule has 1 heterocycles. The van der Waals surface area contributed by atoms with E-state index in [4.69, 9.17) is 0 Å². The minimum atomic E-state index is -0.542. The van der Waals surface area contributed by atoms with Crippen LogP contribution in [0.5, 0.6) is 0 Å². The molecule has 94 valence electrons. The van der Waals surface area contributed by atoms with Gasteiger partial charge in [0.05, 0.1) is 13.7 Å². The first-order valence-corrected chi connectivity index (χ1v) is 5.22. The lowest BCUT2D eigenvalue weighted by atomic mass is 10.0. The summed E-state index contributed by atoms with van der Waals surface area (Å²) in [6.07, 6.45) is 0. The lowest BCUT2D eigenvalue weighted by Crippen LogP contribution is -2.63. The number of hydrogen-bond acceptors (Lipinski definition) is 4. The summed E-state index contributed by atoms with van der Waals surface area (Å²) in [6.45, 7) is 5.10. The fourth-order valence-corrected chi connectivity index (χ4v) is 1.66. The number of carbonyl (C=O) groups is 3. The number of amides is 2. The molecule has 2 amide bonds. The minimum absolute atomic E-state index is 0.249. The Bertz CT molecular complexity index is 396. The maximum absolute atomic E-state index is 11.7. The monoisotopic (exact) mass is 240 g/mol. The molecule has 6 nitrogen and oxygen atoms in total.